The fraction of sp³-hybridized carbons (Fsp3) is 0.111. The predicted octanol–water partition coefficient (Wildman–Crippen LogP) is 3.43. The van der Waals surface area contributed by atoms with Crippen molar-refractivity contribution < 1.29 is 19.4 Å². The normalized spacial score (nSPS) is 11.0. The summed E-state index contributed by atoms with van der Waals surface area (Å²) in [5.41, 5.74) is 1.52. The summed E-state index contributed by atoms with van der Waals surface area (Å²) < 4.78 is 6.88. The number of amides is 1. The number of benzene rings is 2. The molecule has 0 aliphatic heterocycles. The van der Waals surface area contributed by atoms with E-state index in [1.165, 1.54) is 13.0 Å². The van der Waals surface area contributed by atoms with Gasteiger partial charge >= 0.3 is 5.97 Å². The van der Waals surface area contributed by atoms with Crippen molar-refractivity contribution in [3.05, 3.63) is 68.9 Å². The Hall–Kier alpha value is -2.35. The Kier molecular flexibility index (Phi) is 6.36. The van der Waals surface area contributed by atoms with Gasteiger partial charge in [0.2, 0.25) is 5.91 Å². The number of aliphatic carboxylic acids is 1. The predicted molar refractivity (Wildman–Crippen MR) is 99.4 cm³/mol. The van der Waals surface area contributed by atoms with Crippen molar-refractivity contribution in [1.29, 1.82) is 0 Å². The van der Waals surface area contributed by atoms with Crippen LogP contribution in [-0.4, -0.2) is 17.0 Å². The molecule has 0 saturated carbocycles. The fourth-order valence-corrected chi connectivity index (χ4v) is 2.52. The van der Waals surface area contributed by atoms with Crippen molar-refractivity contribution >= 4 is 40.5 Å². The molecule has 0 bridgehead atoms. The molecule has 2 aromatic carbocycles. The first-order valence-electron chi connectivity index (χ1n) is 7.14. The molecule has 6 heteroatoms. The zero-order valence-electron chi connectivity index (χ0n) is 13.0. The summed E-state index contributed by atoms with van der Waals surface area (Å²) in [5.74, 6) is -1.01. The van der Waals surface area contributed by atoms with Crippen LogP contribution in [0.5, 0.6) is 5.75 Å². The van der Waals surface area contributed by atoms with Gasteiger partial charge in [-0.25, -0.2) is 4.79 Å². The van der Waals surface area contributed by atoms with E-state index in [9.17, 15) is 9.59 Å². The Morgan fingerprint density at radius 2 is 1.96 bits per heavy atom. The van der Waals surface area contributed by atoms with Gasteiger partial charge in [-0.05, 0) is 52.4 Å². The van der Waals surface area contributed by atoms with E-state index in [0.717, 1.165) is 9.13 Å². The molecule has 0 unspecified atom stereocenters. The lowest BCUT2D eigenvalue weighted by Crippen LogP contribution is -2.24. The number of nitrogens with one attached hydrogen (secondary N) is 1. The third-order valence-electron chi connectivity index (χ3n) is 3.06. The highest BCUT2D eigenvalue weighted by atomic mass is 127. The minimum atomic E-state index is -1.20. The van der Waals surface area contributed by atoms with Crippen molar-refractivity contribution in [2.75, 3.05) is 0 Å². The summed E-state index contributed by atoms with van der Waals surface area (Å²) in [6.45, 7) is 1.68. The summed E-state index contributed by atoms with van der Waals surface area (Å²) in [5, 5.41) is 11.4. The van der Waals surface area contributed by atoms with Gasteiger partial charge in [0.15, 0.2) is 0 Å². The first-order valence-corrected chi connectivity index (χ1v) is 8.22. The second-order valence-electron chi connectivity index (χ2n) is 5.00. The number of rotatable bonds is 6. The van der Waals surface area contributed by atoms with Crippen LogP contribution < -0.4 is 10.1 Å². The number of ether oxygens (including phenoxy) is 1. The molecular formula is C18H16INO4. The van der Waals surface area contributed by atoms with Crippen molar-refractivity contribution in [2.45, 2.75) is 13.5 Å². The summed E-state index contributed by atoms with van der Waals surface area (Å²) >= 11 is 2.25. The second kappa shape index (κ2) is 8.49. The molecule has 0 aliphatic carbocycles. The van der Waals surface area contributed by atoms with Crippen molar-refractivity contribution in [3.8, 4) is 5.75 Å². The molecule has 2 rings (SSSR count). The topological polar surface area (TPSA) is 75.6 Å². The maximum absolute atomic E-state index is 11.2. The van der Waals surface area contributed by atoms with E-state index in [0.29, 0.717) is 17.9 Å². The Labute approximate surface area is 153 Å². The van der Waals surface area contributed by atoms with Gasteiger partial charge in [0, 0.05) is 16.1 Å². The highest BCUT2D eigenvalue weighted by Gasteiger charge is 2.09. The van der Waals surface area contributed by atoms with Gasteiger partial charge in [0.05, 0.1) is 0 Å². The summed E-state index contributed by atoms with van der Waals surface area (Å²) in [6, 6.07) is 14.9. The number of halogens is 1. The molecule has 0 heterocycles. The van der Waals surface area contributed by atoms with Gasteiger partial charge in [0.25, 0.3) is 0 Å². The molecule has 24 heavy (non-hydrogen) atoms. The van der Waals surface area contributed by atoms with Gasteiger partial charge in [0.1, 0.15) is 18.1 Å². The standard InChI is InChI=1S/C18H16INO4/c1-12(21)20-17(18(22)23)10-13-5-4-7-15(9-13)24-11-14-6-2-3-8-16(14)19/h2-10H,11H2,1H3,(H,20,21)(H,22,23)/b17-10+. The van der Waals surface area contributed by atoms with Gasteiger partial charge in [-0.2, -0.15) is 0 Å². The zero-order valence-corrected chi connectivity index (χ0v) is 15.1. The van der Waals surface area contributed by atoms with Crippen LogP contribution >= 0.6 is 22.6 Å². The average molecular weight is 437 g/mol. The molecule has 0 aromatic heterocycles. The maximum atomic E-state index is 11.2. The second-order valence-corrected chi connectivity index (χ2v) is 6.16. The van der Waals surface area contributed by atoms with E-state index in [2.05, 4.69) is 27.9 Å². The van der Waals surface area contributed by atoms with Crippen LogP contribution in [-0.2, 0) is 16.2 Å². The van der Waals surface area contributed by atoms with Gasteiger partial charge < -0.3 is 15.2 Å². The van der Waals surface area contributed by atoms with Crippen LogP contribution in [0.15, 0.2) is 54.2 Å². The molecule has 2 N–H and O–H groups in total. The largest absolute Gasteiger partial charge is 0.489 e. The van der Waals surface area contributed by atoms with Gasteiger partial charge in [-0.3, -0.25) is 4.79 Å². The SMILES string of the molecule is CC(=O)N/C(=C/c1cccc(OCc2ccccc2I)c1)C(=O)O. The van der Waals surface area contributed by atoms with E-state index in [1.807, 2.05) is 24.3 Å². The average Bonchev–Trinajstić information content (AvgIpc) is 2.53. The van der Waals surface area contributed by atoms with Crippen LogP contribution in [0.2, 0.25) is 0 Å². The van der Waals surface area contributed by atoms with Crippen molar-refractivity contribution in [1.82, 2.24) is 5.32 Å². The summed E-state index contributed by atoms with van der Waals surface area (Å²) in [6.07, 6.45) is 1.39. The number of hydrogen-bond acceptors (Lipinski definition) is 3. The van der Waals surface area contributed by atoms with Crippen LogP contribution in [0.4, 0.5) is 0 Å². The Morgan fingerprint density at radius 3 is 2.62 bits per heavy atom. The number of carboxylic acids is 1. The molecule has 0 fully saturated rings. The number of carbonyl (C=O) groups excluding carboxylic acids is 1. The van der Waals surface area contributed by atoms with Crippen molar-refractivity contribution in [2.24, 2.45) is 0 Å². The van der Waals surface area contributed by atoms with E-state index in [4.69, 9.17) is 9.84 Å². The molecular weight excluding hydrogens is 421 g/mol. The first-order chi connectivity index (χ1) is 11.5. The number of carbonyl (C=O) groups is 2. The minimum absolute atomic E-state index is 0.183. The molecule has 0 atom stereocenters. The Morgan fingerprint density at radius 1 is 1.21 bits per heavy atom. The molecule has 124 valence electrons. The molecule has 0 aliphatic rings. The number of carboxylic acid groups (broad SMARTS) is 1. The first kappa shape index (κ1) is 18.0. The summed E-state index contributed by atoms with van der Waals surface area (Å²) in [7, 11) is 0. The van der Waals surface area contributed by atoms with Crippen LogP contribution in [0.25, 0.3) is 6.08 Å². The molecule has 0 radical (unpaired) electrons. The maximum Gasteiger partial charge on any atom is 0.352 e. The van der Waals surface area contributed by atoms with E-state index < -0.39 is 11.9 Å². The molecule has 2 aromatic rings. The Bertz CT molecular complexity index is 786. The highest BCUT2D eigenvalue weighted by Crippen LogP contribution is 2.19. The van der Waals surface area contributed by atoms with Crippen LogP contribution in [0, 0.1) is 3.57 Å². The lowest BCUT2D eigenvalue weighted by Gasteiger charge is -2.09. The van der Waals surface area contributed by atoms with Crippen LogP contribution in [0.3, 0.4) is 0 Å². The van der Waals surface area contributed by atoms with Gasteiger partial charge in [-0.15, -0.1) is 0 Å². The summed E-state index contributed by atoms with van der Waals surface area (Å²) in [4.78, 5) is 22.2. The third kappa shape index (κ3) is 5.38. The van der Waals surface area contributed by atoms with E-state index in [-0.39, 0.29) is 5.70 Å². The smallest absolute Gasteiger partial charge is 0.352 e. The molecule has 5 nitrogen and oxygen atoms in total. The van der Waals surface area contributed by atoms with Crippen molar-refractivity contribution in [3.63, 3.8) is 0 Å². The quantitative estimate of drug-likeness (QED) is 0.537. The molecule has 1 amide bonds. The Balaban J connectivity index is 2.15. The van der Waals surface area contributed by atoms with Crippen LogP contribution in [0.1, 0.15) is 18.1 Å². The molecule has 0 saturated heterocycles. The fourth-order valence-electron chi connectivity index (χ4n) is 1.98. The van der Waals surface area contributed by atoms with E-state index in [1.54, 1.807) is 24.3 Å². The lowest BCUT2D eigenvalue weighted by molar-refractivity contribution is -0.134. The minimum Gasteiger partial charge on any atom is -0.489 e. The highest BCUT2D eigenvalue weighted by molar-refractivity contribution is 14.1. The van der Waals surface area contributed by atoms with E-state index >= 15 is 0 Å². The molecule has 0 spiro atoms. The monoisotopic (exact) mass is 437 g/mol. The number of hydrogen-bond donors (Lipinski definition) is 2. The third-order valence-corrected chi connectivity index (χ3v) is 4.11. The zero-order chi connectivity index (χ0) is 17.5. The lowest BCUT2D eigenvalue weighted by atomic mass is 10.1. The van der Waals surface area contributed by atoms with Gasteiger partial charge in [-0.1, -0.05) is 30.3 Å².